The van der Waals surface area contributed by atoms with Gasteiger partial charge in [0, 0.05) is 24.0 Å². The molecule has 0 fully saturated rings. The normalized spacial score (nSPS) is 13.4. The first-order valence-electron chi connectivity index (χ1n) is 10.2. The highest BCUT2D eigenvalue weighted by molar-refractivity contribution is 7.80. The second-order valence-corrected chi connectivity index (χ2v) is 7.45. The largest absolute Gasteiger partial charge is 0.494 e. The maximum absolute atomic E-state index is 5.48. The molecule has 0 amide bonds. The summed E-state index contributed by atoms with van der Waals surface area (Å²) < 4.78 is 5.48. The minimum absolute atomic E-state index is 0.479. The summed E-state index contributed by atoms with van der Waals surface area (Å²) in [5.41, 5.74) is 3.31. The molecule has 154 valence electrons. The SMILES string of the molecule is CCOc1ccc(Nc2cc(C)nc(NC(=S)NCCC3=CCCCC3)n2)cc1. The van der Waals surface area contributed by atoms with Gasteiger partial charge in [-0.3, -0.25) is 0 Å². The van der Waals surface area contributed by atoms with Crippen molar-refractivity contribution in [1.82, 2.24) is 15.3 Å². The van der Waals surface area contributed by atoms with Crippen LogP contribution < -0.4 is 20.7 Å². The first-order chi connectivity index (χ1) is 14.1. The van der Waals surface area contributed by atoms with E-state index < -0.39 is 0 Å². The standard InChI is InChI=1S/C22H29N5OS/c1-3-28-19-11-9-18(10-12-19)25-20-15-16(2)24-21(26-20)27-22(29)23-14-13-17-7-5-4-6-8-17/h7,9-12,15H,3-6,8,13-14H2,1-2H3,(H3,23,24,25,26,27,29). The van der Waals surface area contributed by atoms with Gasteiger partial charge in [0.15, 0.2) is 5.11 Å². The lowest BCUT2D eigenvalue weighted by Gasteiger charge is -2.14. The van der Waals surface area contributed by atoms with E-state index in [1.165, 1.54) is 31.3 Å². The van der Waals surface area contributed by atoms with E-state index in [-0.39, 0.29) is 0 Å². The number of hydrogen-bond acceptors (Lipinski definition) is 5. The molecule has 0 unspecified atom stereocenters. The van der Waals surface area contributed by atoms with Crippen molar-refractivity contribution in [2.45, 2.75) is 46.0 Å². The summed E-state index contributed by atoms with van der Waals surface area (Å²) in [6.07, 6.45) is 8.43. The fourth-order valence-electron chi connectivity index (χ4n) is 3.25. The van der Waals surface area contributed by atoms with E-state index in [1.54, 1.807) is 0 Å². The topological polar surface area (TPSA) is 71.1 Å². The zero-order valence-corrected chi connectivity index (χ0v) is 17.9. The molecule has 3 rings (SSSR count). The maximum Gasteiger partial charge on any atom is 0.231 e. The molecule has 1 aliphatic rings. The number of ether oxygens (including phenoxy) is 1. The molecule has 2 aromatic rings. The Morgan fingerprint density at radius 1 is 1.17 bits per heavy atom. The monoisotopic (exact) mass is 411 g/mol. The Morgan fingerprint density at radius 3 is 2.72 bits per heavy atom. The van der Waals surface area contributed by atoms with Crippen molar-refractivity contribution in [3.63, 3.8) is 0 Å². The third-order valence-corrected chi connectivity index (χ3v) is 4.88. The van der Waals surface area contributed by atoms with Crippen LogP contribution in [0.3, 0.4) is 0 Å². The first-order valence-corrected chi connectivity index (χ1v) is 10.6. The Kier molecular flexibility index (Phi) is 7.81. The fraction of sp³-hybridized carbons (Fsp3) is 0.409. The van der Waals surface area contributed by atoms with Gasteiger partial charge in [-0.2, -0.15) is 4.98 Å². The van der Waals surface area contributed by atoms with Crippen molar-refractivity contribution < 1.29 is 4.74 Å². The summed E-state index contributed by atoms with van der Waals surface area (Å²) in [5, 5.41) is 10.2. The van der Waals surface area contributed by atoms with Crippen molar-refractivity contribution in [1.29, 1.82) is 0 Å². The molecular formula is C22H29N5OS. The minimum atomic E-state index is 0.479. The van der Waals surface area contributed by atoms with Crippen molar-refractivity contribution in [2.75, 3.05) is 23.8 Å². The number of aryl methyl sites for hydroxylation is 1. The summed E-state index contributed by atoms with van der Waals surface area (Å²) in [4.78, 5) is 8.95. The number of nitrogens with zero attached hydrogens (tertiary/aromatic N) is 2. The number of benzene rings is 1. The Balaban J connectivity index is 1.53. The van der Waals surface area contributed by atoms with Crippen LogP contribution in [0.5, 0.6) is 5.75 Å². The third kappa shape index (κ3) is 7.02. The van der Waals surface area contributed by atoms with Gasteiger partial charge in [0.2, 0.25) is 5.95 Å². The summed E-state index contributed by atoms with van der Waals surface area (Å²) in [5.74, 6) is 2.03. The summed E-state index contributed by atoms with van der Waals surface area (Å²) in [6.45, 7) is 5.37. The smallest absolute Gasteiger partial charge is 0.231 e. The van der Waals surface area contributed by atoms with Crippen molar-refractivity contribution in [3.05, 3.63) is 47.7 Å². The average Bonchev–Trinajstić information content (AvgIpc) is 2.70. The molecule has 0 aliphatic heterocycles. The Hall–Kier alpha value is -2.67. The highest BCUT2D eigenvalue weighted by Crippen LogP contribution is 2.21. The Morgan fingerprint density at radius 2 is 2.00 bits per heavy atom. The third-order valence-electron chi connectivity index (χ3n) is 4.63. The van der Waals surface area contributed by atoms with E-state index >= 15 is 0 Å². The van der Waals surface area contributed by atoms with Crippen molar-refractivity contribution in [2.24, 2.45) is 0 Å². The molecule has 1 heterocycles. The highest BCUT2D eigenvalue weighted by Gasteiger charge is 2.07. The number of rotatable bonds is 8. The van der Waals surface area contributed by atoms with E-state index in [2.05, 4.69) is 32.0 Å². The van der Waals surface area contributed by atoms with Gasteiger partial charge in [0.25, 0.3) is 0 Å². The molecule has 6 nitrogen and oxygen atoms in total. The zero-order chi connectivity index (χ0) is 20.5. The molecule has 1 aromatic carbocycles. The molecule has 0 saturated heterocycles. The van der Waals surface area contributed by atoms with Gasteiger partial charge in [0.05, 0.1) is 6.61 Å². The van der Waals surface area contributed by atoms with Crippen LogP contribution in [0, 0.1) is 6.92 Å². The van der Waals surface area contributed by atoms with Crippen LogP contribution in [0.4, 0.5) is 17.5 Å². The molecule has 1 aliphatic carbocycles. The Bertz CT molecular complexity index is 851. The maximum atomic E-state index is 5.48. The van der Waals surface area contributed by atoms with E-state index in [0.29, 0.717) is 23.5 Å². The van der Waals surface area contributed by atoms with Crippen LogP contribution in [0.25, 0.3) is 0 Å². The number of nitrogens with one attached hydrogen (secondary N) is 3. The molecule has 0 bridgehead atoms. The van der Waals surface area contributed by atoms with E-state index in [1.807, 2.05) is 44.2 Å². The lowest BCUT2D eigenvalue weighted by atomic mass is 9.97. The first kappa shape index (κ1) is 21.0. The number of allylic oxidation sites excluding steroid dienone is 1. The number of hydrogen-bond donors (Lipinski definition) is 3. The van der Waals surface area contributed by atoms with Crippen LogP contribution in [0.1, 0.15) is 44.7 Å². The molecule has 0 spiro atoms. The number of aromatic nitrogens is 2. The van der Waals surface area contributed by atoms with Crippen LogP contribution in [0.2, 0.25) is 0 Å². The molecule has 1 aromatic heterocycles. The summed E-state index contributed by atoms with van der Waals surface area (Å²) in [6, 6.07) is 9.68. The fourth-order valence-corrected chi connectivity index (χ4v) is 3.44. The molecule has 0 radical (unpaired) electrons. The van der Waals surface area contributed by atoms with Gasteiger partial charge in [0.1, 0.15) is 11.6 Å². The molecule has 29 heavy (non-hydrogen) atoms. The zero-order valence-electron chi connectivity index (χ0n) is 17.1. The predicted molar refractivity (Wildman–Crippen MR) is 123 cm³/mol. The predicted octanol–water partition coefficient (Wildman–Crippen LogP) is 5.10. The lowest BCUT2D eigenvalue weighted by molar-refractivity contribution is 0.340. The van der Waals surface area contributed by atoms with Gasteiger partial charge in [-0.1, -0.05) is 11.6 Å². The van der Waals surface area contributed by atoms with Crippen molar-refractivity contribution in [3.8, 4) is 5.75 Å². The summed E-state index contributed by atoms with van der Waals surface area (Å²) in [7, 11) is 0. The molecule has 3 N–H and O–H groups in total. The molecule has 7 heteroatoms. The average molecular weight is 412 g/mol. The highest BCUT2D eigenvalue weighted by atomic mass is 32.1. The van der Waals surface area contributed by atoms with E-state index in [9.17, 15) is 0 Å². The lowest BCUT2D eigenvalue weighted by Crippen LogP contribution is -2.30. The Labute approximate surface area is 178 Å². The number of anilines is 3. The van der Waals surface area contributed by atoms with Gasteiger partial charge in [-0.05, 0) is 82.4 Å². The second-order valence-electron chi connectivity index (χ2n) is 7.04. The van der Waals surface area contributed by atoms with Gasteiger partial charge in [-0.25, -0.2) is 4.98 Å². The van der Waals surface area contributed by atoms with Crippen LogP contribution >= 0.6 is 12.2 Å². The van der Waals surface area contributed by atoms with Gasteiger partial charge >= 0.3 is 0 Å². The van der Waals surface area contributed by atoms with E-state index in [0.717, 1.165) is 30.1 Å². The number of thiocarbonyl (C=S) groups is 1. The van der Waals surface area contributed by atoms with Crippen LogP contribution in [-0.2, 0) is 0 Å². The molecular weight excluding hydrogens is 382 g/mol. The quantitative estimate of drug-likeness (QED) is 0.412. The van der Waals surface area contributed by atoms with Gasteiger partial charge in [-0.15, -0.1) is 0 Å². The van der Waals surface area contributed by atoms with Crippen LogP contribution in [-0.4, -0.2) is 28.2 Å². The molecule has 0 saturated carbocycles. The van der Waals surface area contributed by atoms with Gasteiger partial charge < -0.3 is 20.7 Å². The molecule has 0 atom stereocenters. The minimum Gasteiger partial charge on any atom is -0.494 e. The van der Waals surface area contributed by atoms with Crippen molar-refractivity contribution >= 4 is 34.8 Å². The second kappa shape index (κ2) is 10.8. The van der Waals surface area contributed by atoms with Crippen LogP contribution in [0.15, 0.2) is 42.0 Å². The summed E-state index contributed by atoms with van der Waals surface area (Å²) >= 11 is 5.40. The van der Waals surface area contributed by atoms with E-state index in [4.69, 9.17) is 17.0 Å².